The Balaban J connectivity index is 2.42. The van der Waals surface area contributed by atoms with Gasteiger partial charge in [0, 0.05) is 19.6 Å². The van der Waals surface area contributed by atoms with Crippen LogP contribution in [0.2, 0.25) is 0 Å². The van der Waals surface area contributed by atoms with Crippen LogP contribution < -0.4 is 0 Å². The minimum Gasteiger partial charge on any atom is -0.389 e. The van der Waals surface area contributed by atoms with Gasteiger partial charge in [0.05, 0.1) is 12.7 Å². The van der Waals surface area contributed by atoms with Gasteiger partial charge in [0.2, 0.25) is 0 Å². The molecule has 1 atom stereocenters. The number of terminal acetylenes is 1. The lowest BCUT2D eigenvalue weighted by atomic mass is 10.2. The first kappa shape index (κ1) is 16.2. The number of nitrogens with zero attached hydrogens (tertiary/aromatic N) is 1. The summed E-state index contributed by atoms with van der Waals surface area (Å²) in [6.07, 6.45) is 4.61. The van der Waals surface area contributed by atoms with E-state index in [0.717, 1.165) is 13.1 Å². The van der Waals surface area contributed by atoms with Gasteiger partial charge in [-0.25, -0.2) is 0 Å². The van der Waals surface area contributed by atoms with Gasteiger partial charge in [0.1, 0.15) is 6.61 Å². The van der Waals surface area contributed by atoms with E-state index < -0.39 is 6.10 Å². The van der Waals surface area contributed by atoms with Crippen LogP contribution in [0.3, 0.4) is 0 Å². The Labute approximate surface area is 120 Å². The van der Waals surface area contributed by atoms with Crippen LogP contribution in [0.15, 0.2) is 16.8 Å². The van der Waals surface area contributed by atoms with Crippen molar-refractivity contribution in [2.45, 2.75) is 26.5 Å². The molecule has 3 nitrogen and oxygen atoms in total. The SMILES string of the molecule is C#CCOCC(O)CN(Cc1ccsc1)CC(C)C. The molecule has 0 bridgehead atoms. The Morgan fingerprint density at radius 3 is 2.84 bits per heavy atom. The van der Waals surface area contributed by atoms with E-state index in [1.807, 2.05) is 0 Å². The molecule has 1 unspecified atom stereocenters. The molecule has 0 aliphatic rings. The average molecular weight is 281 g/mol. The monoisotopic (exact) mass is 281 g/mol. The lowest BCUT2D eigenvalue weighted by molar-refractivity contribution is 0.0238. The smallest absolute Gasteiger partial charge is 0.107 e. The van der Waals surface area contributed by atoms with Gasteiger partial charge in [-0.3, -0.25) is 4.90 Å². The maximum absolute atomic E-state index is 9.96. The van der Waals surface area contributed by atoms with E-state index in [-0.39, 0.29) is 6.61 Å². The molecule has 0 spiro atoms. The summed E-state index contributed by atoms with van der Waals surface area (Å²) >= 11 is 1.70. The van der Waals surface area contributed by atoms with Crippen molar-refractivity contribution < 1.29 is 9.84 Å². The van der Waals surface area contributed by atoms with E-state index >= 15 is 0 Å². The zero-order valence-corrected chi connectivity index (χ0v) is 12.5. The fraction of sp³-hybridized carbons (Fsp3) is 0.600. The first-order valence-electron chi connectivity index (χ1n) is 6.54. The predicted molar refractivity (Wildman–Crippen MR) is 80.1 cm³/mol. The predicted octanol–water partition coefficient (Wildman–Crippen LogP) is 2.22. The minimum absolute atomic E-state index is 0.256. The van der Waals surface area contributed by atoms with Crippen LogP contribution in [0.5, 0.6) is 0 Å². The molecular weight excluding hydrogens is 258 g/mol. The Morgan fingerprint density at radius 2 is 2.26 bits per heavy atom. The molecule has 0 radical (unpaired) electrons. The number of aliphatic hydroxyl groups excluding tert-OH is 1. The lowest BCUT2D eigenvalue weighted by Gasteiger charge is -2.26. The molecule has 0 amide bonds. The van der Waals surface area contributed by atoms with E-state index in [2.05, 4.69) is 41.5 Å². The summed E-state index contributed by atoms with van der Waals surface area (Å²) < 4.78 is 5.17. The van der Waals surface area contributed by atoms with E-state index in [1.54, 1.807) is 11.3 Å². The van der Waals surface area contributed by atoms with Crippen molar-refractivity contribution in [2.24, 2.45) is 5.92 Å². The molecular formula is C15H23NO2S. The molecule has 1 aromatic heterocycles. The Hall–Kier alpha value is -0.860. The molecule has 0 saturated heterocycles. The molecule has 0 saturated carbocycles. The summed E-state index contributed by atoms with van der Waals surface area (Å²) in [5.41, 5.74) is 1.29. The quantitative estimate of drug-likeness (QED) is 0.556. The largest absolute Gasteiger partial charge is 0.389 e. The van der Waals surface area contributed by atoms with Crippen LogP contribution in [0.25, 0.3) is 0 Å². The van der Waals surface area contributed by atoms with Crippen molar-refractivity contribution in [3.05, 3.63) is 22.4 Å². The van der Waals surface area contributed by atoms with Crippen molar-refractivity contribution >= 4 is 11.3 Å². The van der Waals surface area contributed by atoms with Crippen molar-refractivity contribution in [1.82, 2.24) is 4.90 Å². The van der Waals surface area contributed by atoms with E-state index in [9.17, 15) is 5.11 Å². The summed E-state index contributed by atoms with van der Waals surface area (Å²) in [5, 5.41) is 14.2. The van der Waals surface area contributed by atoms with Gasteiger partial charge in [-0.05, 0) is 28.3 Å². The normalized spacial score (nSPS) is 12.8. The number of thiophene rings is 1. The maximum atomic E-state index is 9.96. The fourth-order valence-corrected chi connectivity index (χ4v) is 2.63. The van der Waals surface area contributed by atoms with Gasteiger partial charge in [-0.1, -0.05) is 19.8 Å². The number of hydrogen-bond donors (Lipinski definition) is 1. The zero-order chi connectivity index (χ0) is 14.1. The highest BCUT2D eigenvalue weighted by molar-refractivity contribution is 7.07. The second-order valence-corrected chi connectivity index (χ2v) is 5.87. The highest BCUT2D eigenvalue weighted by atomic mass is 32.1. The van der Waals surface area contributed by atoms with Gasteiger partial charge in [0.25, 0.3) is 0 Å². The van der Waals surface area contributed by atoms with Crippen LogP contribution in [-0.2, 0) is 11.3 Å². The molecule has 0 fully saturated rings. The molecule has 4 heteroatoms. The van der Waals surface area contributed by atoms with Crippen molar-refractivity contribution in [3.63, 3.8) is 0 Å². The lowest BCUT2D eigenvalue weighted by Crippen LogP contribution is -2.36. The van der Waals surface area contributed by atoms with Crippen molar-refractivity contribution in [3.8, 4) is 12.3 Å². The number of rotatable bonds is 9. The molecule has 0 aliphatic carbocycles. The van der Waals surface area contributed by atoms with E-state index in [0.29, 0.717) is 19.1 Å². The van der Waals surface area contributed by atoms with Crippen LogP contribution in [0, 0.1) is 18.3 Å². The Kier molecular flexibility index (Phi) is 7.76. The zero-order valence-electron chi connectivity index (χ0n) is 11.7. The number of ether oxygens (including phenoxy) is 1. The van der Waals surface area contributed by atoms with Crippen molar-refractivity contribution in [1.29, 1.82) is 0 Å². The first-order chi connectivity index (χ1) is 9.11. The molecule has 19 heavy (non-hydrogen) atoms. The van der Waals surface area contributed by atoms with Gasteiger partial charge in [-0.2, -0.15) is 11.3 Å². The molecule has 1 aromatic rings. The molecule has 1 N–H and O–H groups in total. The topological polar surface area (TPSA) is 32.7 Å². The third-order valence-corrected chi connectivity index (χ3v) is 3.31. The molecule has 1 rings (SSSR count). The van der Waals surface area contributed by atoms with Gasteiger partial charge in [-0.15, -0.1) is 6.42 Å². The number of aliphatic hydroxyl groups is 1. The molecule has 106 valence electrons. The minimum atomic E-state index is -0.495. The number of hydrogen-bond acceptors (Lipinski definition) is 4. The van der Waals surface area contributed by atoms with Crippen LogP contribution >= 0.6 is 11.3 Å². The van der Waals surface area contributed by atoms with Gasteiger partial charge in [0.15, 0.2) is 0 Å². The van der Waals surface area contributed by atoms with E-state index in [4.69, 9.17) is 11.2 Å². The third kappa shape index (κ3) is 7.34. The first-order valence-corrected chi connectivity index (χ1v) is 7.48. The summed E-state index contributed by atoms with van der Waals surface area (Å²) in [6.45, 7) is 7.35. The van der Waals surface area contributed by atoms with Gasteiger partial charge >= 0.3 is 0 Å². The van der Waals surface area contributed by atoms with E-state index in [1.165, 1.54) is 5.56 Å². The highest BCUT2D eigenvalue weighted by Crippen LogP contribution is 2.11. The summed E-state index contributed by atoms with van der Waals surface area (Å²) in [6, 6.07) is 2.12. The standard InChI is InChI=1S/C15H23NO2S/c1-4-6-18-11-15(17)10-16(8-13(2)3)9-14-5-7-19-12-14/h1,5,7,12-13,15,17H,6,8-11H2,2-3H3. The Morgan fingerprint density at radius 1 is 1.47 bits per heavy atom. The fourth-order valence-electron chi connectivity index (χ4n) is 1.97. The molecule has 0 aliphatic heterocycles. The second-order valence-electron chi connectivity index (χ2n) is 5.09. The van der Waals surface area contributed by atoms with Crippen LogP contribution in [0.4, 0.5) is 0 Å². The van der Waals surface area contributed by atoms with Crippen LogP contribution in [0.1, 0.15) is 19.4 Å². The maximum Gasteiger partial charge on any atom is 0.107 e. The average Bonchev–Trinajstić information content (AvgIpc) is 2.81. The third-order valence-electron chi connectivity index (χ3n) is 2.57. The van der Waals surface area contributed by atoms with Crippen LogP contribution in [-0.4, -0.2) is 42.4 Å². The summed E-state index contributed by atoms with van der Waals surface area (Å²) in [4.78, 5) is 2.26. The van der Waals surface area contributed by atoms with Crippen molar-refractivity contribution in [2.75, 3.05) is 26.3 Å². The summed E-state index contributed by atoms with van der Waals surface area (Å²) in [5.74, 6) is 2.97. The second kappa shape index (κ2) is 9.11. The Bertz CT molecular complexity index is 370. The van der Waals surface area contributed by atoms with Gasteiger partial charge < -0.3 is 9.84 Å². The summed E-state index contributed by atoms with van der Waals surface area (Å²) in [7, 11) is 0. The molecule has 1 heterocycles. The highest BCUT2D eigenvalue weighted by Gasteiger charge is 2.14. The molecule has 0 aromatic carbocycles.